The number of carbonyl (C=O) groups excluding carboxylic acids is 2. The third-order valence-corrected chi connectivity index (χ3v) is 4.69. The first kappa shape index (κ1) is 22.3. The Hall–Kier alpha value is -3.37. The van der Waals surface area contributed by atoms with Gasteiger partial charge < -0.3 is 20.9 Å². The van der Waals surface area contributed by atoms with Crippen LogP contribution in [-0.2, 0) is 22.2 Å². The minimum absolute atomic E-state index is 0.0284. The molecular formula is C20H23F3N6O2. The van der Waals surface area contributed by atoms with Crippen LogP contribution in [0.1, 0.15) is 25.0 Å². The number of aromatic nitrogens is 2. The topological polar surface area (TPSA) is 99.3 Å². The molecule has 166 valence electrons. The van der Waals surface area contributed by atoms with Crippen LogP contribution in [0.15, 0.2) is 24.4 Å². The number of alkyl halides is 3. The summed E-state index contributed by atoms with van der Waals surface area (Å²) in [6, 6.07) is 5.09. The number of benzene rings is 1. The van der Waals surface area contributed by atoms with Gasteiger partial charge in [-0.2, -0.15) is 18.2 Å². The van der Waals surface area contributed by atoms with E-state index in [1.807, 2.05) is 0 Å². The molecular weight excluding hydrogens is 413 g/mol. The van der Waals surface area contributed by atoms with Crippen molar-refractivity contribution < 1.29 is 22.8 Å². The van der Waals surface area contributed by atoms with Gasteiger partial charge in [0.1, 0.15) is 11.4 Å². The fourth-order valence-corrected chi connectivity index (χ4v) is 3.11. The molecule has 0 aliphatic carbocycles. The molecule has 0 bridgehead atoms. The first-order valence-corrected chi connectivity index (χ1v) is 9.67. The summed E-state index contributed by atoms with van der Waals surface area (Å²) >= 11 is 0. The quantitative estimate of drug-likeness (QED) is 0.616. The van der Waals surface area contributed by atoms with Gasteiger partial charge in [0.15, 0.2) is 0 Å². The minimum Gasteiger partial charge on any atom is -0.368 e. The highest BCUT2D eigenvalue weighted by molar-refractivity contribution is 5.99. The molecule has 1 aliphatic heterocycles. The van der Waals surface area contributed by atoms with E-state index in [0.717, 1.165) is 5.56 Å². The SMILES string of the molecule is CC(C)C(=O)N(C)CCNc1nc(Nc2ccc3c(c2)CC(=O)N3)ncc1C(F)(F)F. The molecule has 2 aromatic rings. The van der Waals surface area contributed by atoms with Crippen molar-refractivity contribution in [2.45, 2.75) is 26.4 Å². The maximum Gasteiger partial charge on any atom is 0.421 e. The number of likely N-dealkylation sites (N-methyl/N-ethyl adjacent to an activating group) is 1. The van der Waals surface area contributed by atoms with Gasteiger partial charge in [-0.15, -0.1) is 0 Å². The fourth-order valence-electron chi connectivity index (χ4n) is 3.11. The van der Waals surface area contributed by atoms with Crippen molar-refractivity contribution in [1.82, 2.24) is 14.9 Å². The second-order valence-corrected chi connectivity index (χ2v) is 7.52. The number of halogens is 3. The Labute approximate surface area is 177 Å². The summed E-state index contributed by atoms with van der Waals surface area (Å²) in [7, 11) is 1.59. The Morgan fingerprint density at radius 2 is 2.06 bits per heavy atom. The standard InChI is InChI=1S/C20H23F3N6O2/c1-11(2)18(31)29(3)7-6-24-17-14(20(21,22)23)10-25-19(28-17)26-13-4-5-15-12(8-13)9-16(30)27-15/h4-5,8,10-11H,6-7,9H2,1-3H3,(H,27,30)(H2,24,25,26,28). The molecule has 31 heavy (non-hydrogen) atoms. The lowest BCUT2D eigenvalue weighted by atomic mass is 10.1. The Bertz CT molecular complexity index is 993. The van der Waals surface area contributed by atoms with Gasteiger partial charge in [0.05, 0.1) is 6.42 Å². The maximum absolute atomic E-state index is 13.4. The molecule has 3 rings (SSSR count). The molecule has 0 fully saturated rings. The summed E-state index contributed by atoms with van der Waals surface area (Å²) < 4.78 is 40.1. The van der Waals surface area contributed by atoms with E-state index in [2.05, 4.69) is 25.9 Å². The van der Waals surface area contributed by atoms with Gasteiger partial charge in [0, 0.05) is 43.6 Å². The van der Waals surface area contributed by atoms with Crippen LogP contribution >= 0.6 is 0 Å². The summed E-state index contributed by atoms with van der Waals surface area (Å²) in [6.07, 6.45) is -3.70. The van der Waals surface area contributed by atoms with Crippen molar-refractivity contribution in [2.24, 2.45) is 5.92 Å². The summed E-state index contributed by atoms with van der Waals surface area (Å²) in [4.78, 5) is 32.6. The lowest BCUT2D eigenvalue weighted by molar-refractivity contribution is -0.137. The van der Waals surface area contributed by atoms with E-state index in [0.29, 0.717) is 17.6 Å². The van der Waals surface area contributed by atoms with Crippen molar-refractivity contribution in [2.75, 3.05) is 36.1 Å². The predicted octanol–water partition coefficient (Wildman–Crippen LogP) is 3.26. The Kier molecular flexibility index (Phi) is 6.32. The first-order chi connectivity index (χ1) is 14.5. The van der Waals surface area contributed by atoms with E-state index >= 15 is 0 Å². The van der Waals surface area contributed by atoms with Gasteiger partial charge in [0.2, 0.25) is 17.8 Å². The van der Waals surface area contributed by atoms with Crippen LogP contribution < -0.4 is 16.0 Å². The van der Waals surface area contributed by atoms with Crippen LogP contribution in [0.25, 0.3) is 0 Å². The van der Waals surface area contributed by atoms with Gasteiger partial charge >= 0.3 is 6.18 Å². The summed E-state index contributed by atoms with van der Waals surface area (Å²) in [5.74, 6) is -0.839. The molecule has 1 aromatic carbocycles. The maximum atomic E-state index is 13.4. The normalized spacial score (nSPS) is 13.1. The fraction of sp³-hybridized carbons (Fsp3) is 0.400. The second kappa shape index (κ2) is 8.78. The Morgan fingerprint density at radius 3 is 2.74 bits per heavy atom. The van der Waals surface area contributed by atoms with Crippen molar-refractivity contribution in [3.8, 4) is 0 Å². The number of rotatable bonds is 7. The van der Waals surface area contributed by atoms with Crippen molar-refractivity contribution in [1.29, 1.82) is 0 Å². The third kappa shape index (κ3) is 5.41. The number of nitrogens with one attached hydrogen (secondary N) is 3. The summed E-state index contributed by atoms with van der Waals surface area (Å²) in [5, 5.41) is 8.23. The monoisotopic (exact) mass is 436 g/mol. The van der Waals surface area contributed by atoms with Crippen molar-refractivity contribution in [3.05, 3.63) is 35.5 Å². The van der Waals surface area contributed by atoms with Crippen LogP contribution in [0.5, 0.6) is 0 Å². The van der Waals surface area contributed by atoms with E-state index in [4.69, 9.17) is 0 Å². The molecule has 0 saturated carbocycles. The van der Waals surface area contributed by atoms with Crippen molar-refractivity contribution >= 4 is 35.0 Å². The molecule has 0 radical (unpaired) electrons. The number of carbonyl (C=O) groups is 2. The van der Waals surface area contributed by atoms with Gasteiger partial charge in [-0.05, 0) is 23.8 Å². The third-order valence-electron chi connectivity index (χ3n) is 4.69. The molecule has 8 nitrogen and oxygen atoms in total. The van der Waals surface area contributed by atoms with Crippen LogP contribution in [0.4, 0.5) is 36.3 Å². The van der Waals surface area contributed by atoms with Crippen LogP contribution in [0, 0.1) is 5.92 Å². The van der Waals surface area contributed by atoms with Crippen molar-refractivity contribution in [3.63, 3.8) is 0 Å². The number of nitrogens with zero attached hydrogens (tertiary/aromatic N) is 3. The zero-order valence-corrected chi connectivity index (χ0v) is 17.3. The summed E-state index contributed by atoms with van der Waals surface area (Å²) in [5.41, 5.74) is 1.02. The predicted molar refractivity (Wildman–Crippen MR) is 110 cm³/mol. The highest BCUT2D eigenvalue weighted by Crippen LogP contribution is 2.34. The molecule has 0 saturated heterocycles. The number of amides is 2. The van der Waals surface area contributed by atoms with Crippen LogP contribution in [0.3, 0.4) is 0 Å². The highest BCUT2D eigenvalue weighted by atomic mass is 19.4. The van der Waals surface area contributed by atoms with Crippen LogP contribution in [0.2, 0.25) is 0 Å². The molecule has 1 aromatic heterocycles. The Balaban J connectivity index is 1.75. The number of anilines is 4. The average Bonchev–Trinajstić information content (AvgIpc) is 3.05. The molecule has 1 aliphatic rings. The van der Waals surface area contributed by atoms with E-state index in [1.165, 1.54) is 4.90 Å². The van der Waals surface area contributed by atoms with Gasteiger partial charge in [-0.3, -0.25) is 9.59 Å². The molecule has 0 unspecified atom stereocenters. The average molecular weight is 436 g/mol. The smallest absolute Gasteiger partial charge is 0.368 e. The molecule has 2 heterocycles. The van der Waals surface area contributed by atoms with Gasteiger partial charge in [0.25, 0.3) is 0 Å². The molecule has 2 amide bonds. The zero-order valence-electron chi connectivity index (χ0n) is 17.3. The molecule has 11 heteroatoms. The van der Waals surface area contributed by atoms with E-state index in [9.17, 15) is 22.8 Å². The highest BCUT2D eigenvalue weighted by Gasteiger charge is 2.35. The molecule has 0 atom stereocenters. The first-order valence-electron chi connectivity index (χ1n) is 9.67. The molecule has 0 spiro atoms. The number of fused-ring (bicyclic) bond motifs is 1. The van der Waals surface area contributed by atoms with E-state index in [-0.39, 0.29) is 49.0 Å². The largest absolute Gasteiger partial charge is 0.421 e. The molecule has 3 N–H and O–H groups in total. The summed E-state index contributed by atoms with van der Waals surface area (Å²) in [6.45, 7) is 3.80. The van der Waals surface area contributed by atoms with Gasteiger partial charge in [-0.25, -0.2) is 4.98 Å². The van der Waals surface area contributed by atoms with Gasteiger partial charge in [-0.1, -0.05) is 13.8 Å². The zero-order chi connectivity index (χ0) is 22.8. The lowest BCUT2D eigenvalue weighted by Crippen LogP contribution is -2.34. The Morgan fingerprint density at radius 1 is 1.32 bits per heavy atom. The lowest BCUT2D eigenvalue weighted by Gasteiger charge is -2.20. The second-order valence-electron chi connectivity index (χ2n) is 7.52. The van der Waals surface area contributed by atoms with E-state index < -0.39 is 11.7 Å². The number of hydrogen-bond acceptors (Lipinski definition) is 6. The minimum atomic E-state index is -4.64. The number of hydrogen-bond donors (Lipinski definition) is 3. The van der Waals surface area contributed by atoms with Crippen LogP contribution in [-0.4, -0.2) is 46.8 Å². The van der Waals surface area contributed by atoms with E-state index in [1.54, 1.807) is 39.1 Å².